The molecule has 4 heterocycles. The lowest BCUT2D eigenvalue weighted by Gasteiger charge is -2.27. The van der Waals surface area contributed by atoms with E-state index in [0.29, 0.717) is 21.5 Å². The molecule has 7 aromatic carbocycles. The summed E-state index contributed by atoms with van der Waals surface area (Å²) in [4.78, 5) is 30.4. The normalized spacial score (nSPS) is 12.2. The molecule has 0 aliphatic rings. The Morgan fingerprint density at radius 2 is 0.816 bits per heavy atom. The van der Waals surface area contributed by atoms with Gasteiger partial charge in [-0.3, -0.25) is 9.59 Å². The predicted molar refractivity (Wildman–Crippen MR) is 203 cm³/mol. The SMILES string of the molecule is O=c1c2ccccc2n2c3cc(N(c4ccccc4)c4ccccc4)c4c(c5cccc6c(=O)c7ccccc7n4c65)c3c3cccc1c32. The minimum atomic E-state index is 0.0272. The summed E-state index contributed by atoms with van der Waals surface area (Å²) in [6.45, 7) is 0. The first-order valence-electron chi connectivity index (χ1n) is 16.5. The van der Waals surface area contributed by atoms with E-state index in [-0.39, 0.29) is 10.9 Å². The molecule has 5 nitrogen and oxygen atoms in total. The zero-order valence-electron chi connectivity index (χ0n) is 26.1. The van der Waals surface area contributed by atoms with E-state index in [1.807, 2.05) is 78.9 Å². The van der Waals surface area contributed by atoms with E-state index in [1.165, 1.54) is 0 Å². The molecule has 0 atom stereocenters. The monoisotopic (exact) mass is 627 g/mol. The number of fused-ring (bicyclic) bond motifs is 11. The number of hydrogen-bond donors (Lipinski definition) is 0. The number of nitrogens with zero attached hydrogens (tertiary/aromatic N) is 3. The molecule has 49 heavy (non-hydrogen) atoms. The zero-order chi connectivity index (χ0) is 32.4. The lowest BCUT2D eigenvalue weighted by atomic mass is 10.0. The molecule has 0 spiro atoms. The van der Waals surface area contributed by atoms with Crippen LogP contribution >= 0.6 is 0 Å². The minimum absolute atomic E-state index is 0.0272. The third kappa shape index (κ3) is 3.28. The van der Waals surface area contributed by atoms with Crippen molar-refractivity contribution < 1.29 is 0 Å². The number of rotatable bonds is 3. The maximum atomic E-state index is 14.1. The average Bonchev–Trinajstić information content (AvgIpc) is 3.68. The molecule has 0 amide bonds. The standard InChI is InChI=1S/C44H25N3O2/c48-43-28-17-7-9-23-34(28)46-36-25-37(45(26-13-3-1-4-14-26)27-15-5-2-6-16-27)42-39(38(36)30-19-11-21-32(43)40(30)46)31-20-12-22-33-41(31)47(42)35-24-10-8-18-29(35)44(33)49/h1-25H. The van der Waals surface area contributed by atoms with Crippen LogP contribution < -0.4 is 15.8 Å². The van der Waals surface area contributed by atoms with Crippen molar-refractivity contribution in [3.8, 4) is 0 Å². The lowest BCUT2D eigenvalue weighted by molar-refractivity contribution is 1.26. The Labute approximate surface area is 278 Å². The highest BCUT2D eigenvalue weighted by Gasteiger charge is 2.28. The Hall–Kier alpha value is -6.72. The fourth-order valence-electron chi connectivity index (χ4n) is 8.41. The Bertz CT molecular complexity index is 3220. The second-order valence-corrected chi connectivity index (χ2v) is 12.8. The van der Waals surface area contributed by atoms with E-state index >= 15 is 0 Å². The maximum Gasteiger partial charge on any atom is 0.197 e. The average molecular weight is 628 g/mol. The first-order valence-corrected chi connectivity index (χ1v) is 16.5. The van der Waals surface area contributed by atoms with Gasteiger partial charge in [0.05, 0.1) is 38.8 Å². The smallest absolute Gasteiger partial charge is 0.197 e. The van der Waals surface area contributed by atoms with Gasteiger partial charge in [0, 0.05) is 54.5 Å². The van der Waals surface area contributed by atoms with E-state index < -0.39 is 0 Å². The summed E-state index contributed by atoms with van der Waals surface area (Å²) in [6, 6.07) is 51.1. The van der Waals surface area contributed by atoms with Crippen LogP contribution in [-0.4, -0.2) is 8.80 Å². The Morgan fingerprint density at radius 1 is 0.367 bits per heavy atom. The molecule has 0 saturated heterocycles. The van der Waals surface area contributed by atoms with Crippen molar-refractivity contribution in [2.45, 2.75) is 0 Å². The van der Waals surface area contributed by atoms with Crippen LogP contribution in [0.5, 0.6) is 0 Å². The highest BCUT2D eigenvalue weighted by molar-refractivity contribution is 6.34. The van der Waals surface area contributed by atoms with Crippen molar-refractivity contribution in [3.63, 3.8) is 0 Å². The Kier molecular flexibility index (Phi) is 5.07. The number of anilines is 3. The summed E-state index contributed by atoms with van der Waals surface area (Å²) in [5, 5.41) is 6.89. The minimum Gasteiger partial charge on any atom is -0.308 e. The number of hydrogen-bond acceptors (Lipinski definition) is 3. The largest absolute Gasteiger partial charge is 0.308 e. The zero-order valence-corrected chi connectivity index (χ0v) is 26.1. The van der Waals surface area contributed by atoms with Crippen LogP contribution in [0.4, 0.5) is 17.1 Å². The predicted octanol–water partition coefficient (Wildman–Crippen LogP) is 10.2. The van der Waals surface area contributed by atoms with E-state index in [2.05, 4.69) is 86.5 Å². The molecule has 228 valence electrons. The first-order chi connectivity index (χ1) is 24.2. The highest BCUT2D eigenvalue weighted by Crippen LogP contribution is 2.49. The molecule has 4 aromatic heterocycles. The molecular formula is C44H25N3O2. The van der Waals surface area contributed by atoms with Gasteiger partial charge in [-0.25, -0.2) is 0 Å². The van der Waals surface area contributed by atoms with Crippen molar-refractivity contribution in [1.29, 1.82) is 0 Å². The van der Waals surface area contributed by atoms with Crippen LogP contribution in [0.15, 0.2) is 161 Å². The summed E-state index contributed by atoms with van der Waals surface area (Å²) in [5.74, 6) is 0. The van der Waals surface area contributed by atoms with Crippen LogP contribution in [0, 0.1) is 0 Å². The molecule has 0 radical (unpaired) electrons. The number of benzene rings is 7. The first kappa shape index (κ1) is 26.4. The van der Waals surface area contributed by atoms with E-state index in [1.54, 1.807) is 0 Å². The van der Waals surface area contributed by atoms with E-state index in [4.69, 9.17) is 0 Å². The van der Waals surface area contributed by atoms with Gasteiger partial charge in [0.15, 0.2) is 10.9 Å². The van der Waals surface area contributed by atoms with Crippen LogP contribution in [0.3, 0.4) is 0 Å². The van der Waals surface area contributed by atoms with Crippen LogP contribution in [0.25, 0.3) is 76.2 Å². The van der Waals surface area contributed by atoms with Gasteiger partial charge < -0.3 is 13.7 Å². The van der Waals surface area contributed by atoms with Crippen molar-refractivity contribution >= 4 is 93.3 Å². The van der Waals surface area contributed by atoms with Gasteiger partial charge in [-0.2, -0.15) is 0 Å². The summed E-state index contributed by atoms with van der Waals surface area (Å²) < 4.78 is 4.58. The molecular weight excluding hydrogens is 603 g/mol. The molecule has 0 aliphatic carbocycles. The summed E-state index contributed by atoms with van der Waals surface area (Å²) in [6.07, 6.45) is 0. The summed E-state index contributed by atoms with van der Waals surface area (Å²) in [5.41, 5.74) is 8.62. The third-order valence-corrected chi connectivity index (χ3v) is 10.3. The van der Waals surface area contributed by atoms with Gasteiger partial charge in [0.25, 0.3) is 0 Å². The van der Waals surface area contributed by atoms with Gasteiger partial charge in [-0.05, 0) is 66.7 Å². The van der Waals surface area contributed by atoms with E-state index in [0.717, 1.165) is 71.7 Å². The van der Waals surface area contributed by atoms with Gasteiger partial charge in [0.1, 0.15) is 0 Å². The van der Waals surface area contributed by atoms with Crippen molar-refractivity contribution in [2.24, 2.45) is 0 Å². The quantitative estimate of drug-likeness (QED) is 0.183. The van der Waals surface area contributed by atoms with Gasteiger partial charge in [0.2, 0.25) is 0 Å². The third-order valence-electron chi connectivity index (χ3n) is 10.3. The van der Waals surface area contributed by atoms with Crippen molar-refractivity contribution in [3.05, 3.63) is 172 Å². The molecule has 11 rings (SSSR count). The molecule has 0 N–H and O–H groups in total. The number of aromatic nitrogens is 2. The van der Waals surface area contributed by atoms with Crippen LogP contribution in [0.2, 0.25) is 0 Å². The number of para-hydroxylation sites is 6. The second kappa shape index (κ2) is 9.43. The number of pyridine rings is 2. The molecule has 0 saturated carbocycles. The Balaban J connectivity index is 1.51. The van der Waals surface area contributed by atoms with Crippen molar-refractivity contribution in [2.75, 3.05) is 4.90 Å². The van der Waals surface area contributed by atoms with Crippen LogP contribution in [-0.2, 0) is 0 Å². The van der Waals surface area contributed by atoms with Gasteiger partial charge >= 0.3 is 0 Å². The topological polar surface area (TPSA) is 46.2 Å². The highest BCUT2D eigenvalue weighted by atomic mass is 16.1. The molecule has 0 bridgehead atoms. The summed E-state index contributed by atoms with van der Waals surface area (Å²) >= 11 is 0. The van der Waals surface area contributed by atoms with Crippen LogP contribution in [0.1, 0.15) is 0 Å². The maximum absolute atomic E-state index is 14.1. The second-order valence-electron chi connectivity index (χ2n) is 12.8. The lowest BCUT2D eigenvalue weighted by Crippen LogP contribution is -2.12. The van der Waals surface area contributed by atoms with Gasteiger partial charge in [-0.1, -0.05) is 84.9 Å². The summed E-state index contributed by atoms with van der Waals surface area (Å²) in [7, 11) is 0. The van der Waals surface area contributed by atoms with Crippen molar-refractivity contribution in [1.82, 2.24) is 8.80 Å². The molecule has 0 fully saturated rings. The molecule has 11 aromatic rings. The van der Waals surface area contributed by atoms with Gasteiger partial charge in [-0.15, -0.1) is 0 Å². The molecule has 0 unspecified atom stereocenters. The van der Waals surface area contributed by atoms with E-state index in [9.17, 15) is 9.59 Å². The fourth-order valence-corrected chi connectivity index (χ4v) is 8.41. The molecule has 0 aliphatic heterocycles. The Morgan fingerprint density at radius 3 is 1.41 bits per heavy atom. The molecule has 5 heteroatoms. The fraction of sp³-hybridized carbons (Fsp3) is 0.